The van der Waals surface area contributed by atoms with Gasteiger partial charge >= 0.3 is 0 Å². The van der Waals surface area contributed by atoms with Gasteiger partial charge in [0.25, 0.3) is 0 Å². The topological polar surface area (TPSA) is 43.9 Å². The highest BCUT2D eigenvalue weighted by Crippen LogP contribution is 2.54. The zero-order valence-corrected chi connectivity index (χ0v) is 17.4. The van der Waals surface area contributed by atoms with Crippen LogP contribution in [0.5, 0.6) is 0 Å². The number of aromatic nitrogens is 2. The van der Waals surface area contributed by atoms with E-state index in [2.05, 4.69) is 104 Å². The lowest BCUT2D eigenvalue weighted by molar-refractivity contribution is 0.841. The highest BCUT2D eigenvalue weighted by molar-refractivity contribution is 6.12. The Morgan fingerprint density at radius 1 is 0.633 bits per heavy atom. The van der Waals surface area contributed by atoms with Crippen LogP contribution in [0.3, 0.4) is 0 Å². The molecule has 3 aromatic carbocycles. The lowest BCUT2D eigenvalue weighted by Gasteiger charge is -2.33. The Balaban J connectivity index is 1.86. The van der Waals surface area contributed by atoms with Gasteiger partial charge in [-0.1, -0.05) is 54.6 Å². The second-order valence-electron chi connectivity index (χ2n) is 8.31. The summed E-state index contributed by atoms with van der Waals surface area (Å²) in [6.07, 6.45) is 0. The molecule has 0 saturated carbocycles. The lowest BCUT2D eigenvalue weighted by atomic mass is 9.65. The van der Waals surface area contributed by atoms with Gasteiger partial charge in [-0.15, -0.1) is 0 Å². The first-order chi connectivity index (χ1) is 14.6. The van der Waals surface area contributed by atoms with Crippen molar-refractivity contribution in [1.29, 1.82) is 0 Å². The minimum Gasteiger partial charge on any atom is -0.358 e. The normalized spacial score (nSPS) is 15.0. The zero-order valence-electron chi connectivity index (χ0n) is 17.4. The van der Waals surface area contributed by atoms with Crippen LogP contribution >= 0.6 is 0 Å². The molecule has 0 radical (unpaired) electrons. The predicted molar refractivity (Wildman–Crippen MR) is 125 cm³/mol. The van der Waals surface area contributed by atoms with Crippen LogP contribution < -0.4 is 0 Å². The largest absolute Gasteiger partial charge is 0.358 e. The number of aromatic amines is 2. The van der Waals surface area contributed by atoms with Crippen LogP contribution in [0.15, 0.2) is 77.8 Å². The molecule has 3 heterocycles. The molecular formula is C27H23N3. The van der Waals surface area contributed by atoms with Crippen LogP contribution in [0.25, 0.3) is 21.8 Å². The van der Waals surface area contributed by atoms with E-state index in [1.165, 1.54) is 49.9 Å². The molecule has 6 rings (SSSR count). The van der Waals surface area contributed by atoms with Crippen molar-refractivity contribution in [2.75, 3.05) is 0 Å². The number of nitrogens with one attached hydrogen (secondary N) is 2. The van der Waals surface area contributed by atoms with Crippen LogP contribution in [-0.2, 0) is 5.41 Å². The number of nitrogens with zero attached hydrogens (tertiary/aromatic N) is 1. The third kappa shape index (κ3) is 2.02. The molecule has 5 aromatic rings. The fraction of sp³-hybridized carbons (Fsp3) is 0.148. The number of fused-ring (bicyclic) bond motifs is 3. The summed E-state index contributed by atoms with van der Waals surface area (Å²) in [4.78, 5) is 12.4. The van der Waals surface area contributed by atoms with E-state index in [1.807, 2.05) is 0 Å². The second kappa shape index (κ2) is 5.96. The van der Waals surface area contributed by atoms with Gasteiger partial charge in [-0.05, 0) is 44.5 Å². The summed E-state index contributed by atoms with van der Waals surface area (Å²) in [7, 11) is 0. The number of benzene rings is 3. The molecule has 2 N–H and O–H groups in total. The third-order valence-corrected chi connectivity index (χ3v) is 6.68. The fourth-order valence-electron chi connectivity index (χ4n) is 5.62. The van der Waals surface area contributed by atoms with E-state index in [1.54, 1.807) is 0 Å². The highest BCUT2D eigenvalue weighted by atomic mass is 14.9. The maximum Gasteiger partial charge on any atom is 0.0899 e. The molecule has 1 aliphatic heterocycles. The molecular weight excluding hydrogens is 366 g/mol. The van der Waals surface area contributed by atoms with Gasteiger partial charge in [0.05, 0.1) is 11.1 Å². The van der Waals surface area contributed by atoms with E-state index < -0.39 is 5.41 Å². The number of hydrogen-bond donors (Lipinski definition) is 2. The molecule has 0 saturated heterocycles. The number of aryl methyl sites for hydroxylation is 2. The van der Waals surface area contributed by atoms with Gasteiger partial charge in [0.15, 0.2) is 0 Å². The summed E-state index contributed by atoms with van der Waals surface area (Å²) >= 11 is 0. The summed E-state index contributed by atoms with van der Waals surface area (Å²) in [5.74, 6) is 0. The minimum atomic E-state index is -0.441. The van der Waals surface area contributed by atoms with Gasteiger partial charge in [0.2, 0.25) is 0 Å². The second-order valence-corrected chi connectivity index (χ2v) is 8.31. The standard InChI is InChI=1S/C27H23N3/c1-16-25(19-10-4-7-13-22(19)28-16)27(18(3)30-24-15-9-6-12-21(24)27)26-17(2)29-23-14-8-5-11-20(23)26/h4-15,28-29H,1-3H3. The van der Waals surface area contributed by atoms with Gasteiger partial charge in [-0.25, -0.2) is 0 Å². The molecule has 0 spiro atoms. The number of aliphatic imine (C=N–C) groups is 1. The van der Waals surface area contributed by atoms with Crippen molar-refractivity contribution in [2.24, 2.45) is 4.99 Å². The number of para-hydroxylation sites is 3. The maximum absolute atomic E-state index is 5.10. The Morgan fingerprint density at radius 2 is 1.13 bits per heavy atom. The molecule has 2 aromatic heterocycles. The maximum atomic E-state index is 5.10. The summed E-state index contributed by atoms with van der Waals surface area (Å²) in [5, 5.41) is 2.51. The first-order valence-corrected chi connectivity index (χ1v) is 10.4. The Labute approximate surface area is 175 Å². The van der Waals surface area contributed by atoms with Crippen LogP contribution in [0.2, 0.25) is 0 Å². The Morgan fingerprint density at radius 3 is 1.73 bits per heavy atom. The van der Waals surface area contributed by atoms with Crippen molar-refractivity contribution in [3.05, 3.63) is 101 Å². The number of H-pyrrole nitrogens is 2. The average molecular weight is 390 g/mol. The average Bonchev–Trinajstić information content (AvgIpc) is 3.35. The van der Waals surface area contributed by atoms with Crippen molar-refractivity contribution in [2.45, 2.75) is 26.2 Å². The molecule has 0 amide bonds. The molecule has 0 fully saturated rings. The van der Waals surface area contributed by atoms with E-state index in [9.17, 15) is 0 Å². The quantitative estimate of drug-likeness (QED) is 0.337. The minimum absolute atomic E-state index is 0.441. The molecule has 146 valence electrons. The van der Waals surface area contributed by atoms with E-state index in [0.717, 1.165) is 11.4 Å². The molecule has 0 bridgehead atoms. The van der Waals surface area contributed by atoms with Gasteiger partial charge in [-0.2, -0.15) is 0 Å². The fourth-order valence-corrected chi connectivity index (χ4v) is 5.62. The van der Waals surface area contributed by atoms with Gasteiger partial charge in [0.1, 0.15) is 0 Å². The molecule has 1 aliphatic rings. The van der Waals surface area contributed by atoms with Crippen LogP contribution in [0, 0.1) is 13.8 Å². The van der Waals surface area contributed by atoms with Crippen LogP contribution in [0.4, 0.5) is 5.69 Å². The van der Waals surface area contributed by atoms with Crippen molar-refractivity contribution in [3.63, 3.8) is 0 Å². The number of hydrogen-bond acceptors (Lipinski definition) is 1. The Hall–Kier alpha value is -3.59. The molecule has 3 nitrogen and oxygen atoms in total. The van der Waals surface area contributed by atoms with E-state index in [-0.39, 0.29) is 0 Å². The van der Waals surface area contributed by atoms with E-state index in [0.29, 0.717) is 0 Å². The molecule has 0 aliphatic carbocycles. The van der Waals surface area contributed by atoms with Gasteiger partial charge in [-0.3, -0.25) is 4.99 Å². The predicted octanol–water partition coefficient (Wildman–Crippen LogP) is 6.71. The van der Waals surface area contributed by atoms with Crippen LogP contribution in [-0.4, -0.2) is 15.7 Å². The van der Waals surface area contributed by atoms with E-state index >= 15 is 0 Å². The van der Waals surface area contributed by atoms with E-state index in [4.69, 9.17) is 4.99 Å². The Kier molecular flexibility index (Phi) is 3.43. The summed E-state index contributed by atoms with van der Waals surface area (Å²) < 4.78 is 0. The first-order valence-electron chi connectivity index (χ1n) is 10.4. The molecule has 3 heteroatoms. The van der Waals surface area contributed by atoms with Crippen molar-refractivity contribution < 1.29 is 0 Å². The summed E-state index contributed by atoms with van der Waals surface area (Å²) in [6, 6.07) is 25.8. The molecule has 0 atom stereocenters. The molecule has 30 heavy (non-hydrogen) atoms. The zero-order chi connectivity index (χ0) is 20.5. The van der Waals surface area contributed by atoms with Crippen LogP contribution in [0.1, 0.15) is 35.0 Å². The number of rotatable bonds is 2. The first kappa shape index (κ1) is 17.3. The molecule has 0 unspecified atom stereocenters. The van der Waals surface area contributed by atoms with Crippen molar-refractivity contribution in [1.82, 2.24) is 9.97 Å². The third-order valence-electron chi connectivity index (χ3n) is 6.68. The smallest absolute Gasteiger partial charge is 0.0899 e. The van der Waals surface area contributed by atoms with Crippen molar-refractivity contribution in [3.8, 4) is 0 Å². The highest BCUT2D eigenvalue weighted by Gasteiger charge is 2.49. The van der Waals surface area contributed by atoms with Gasteiger partial charge in [0, 0.05) is 50.0 Å². The van der Waals surface area contributed by atoms with Gasteiger partial charge < -0.3 is 9.97 Å². The summed E-state index contributed by atoms with van der Waals surface area (Å²) in [6.45, 7) is 6.56. The summed E-state index contributed by atoms with van der Waals surface area (Å²) in [5.41, 5.74) is 10.3. The Bertz CT molecular complexity index is 1400. The van der Waals surface area contributed by atoms with Crippen molar-refractivity contribution >= 4 is 33.2 Å². The lowest BCUT2D eigenvalue weighted by Crippen LogP contribution is -2.35. The monoisotopic (exact) mass is 389 g/mol. The SMILES string of the molecule is CC1=Nc2ccccc2C1(c1c(C)[nH]c2ccccc12)c1c(C)[nH]c2ccccc12.